The fraction of sp³-hybridized carbons (Fsp3) is 0.600. The summed E-state index contributed by atoms with van der Waals surface area (Å²) in [6.45, 7) is 4.02. The summed E-state index contributed by atoms with van der Waals surface area (Å²) >= 11 is 0. The first-order valence-corrected chi connectivity index (χ1v) is 12.9. The van der Waals surface area contributed by atoms with Crippen molar-refractivity contribution in [2.45, 2.75) is 69.5 Å². The highest BCUT2D eigenvalue weighted by Crippen LogP contribution is 2.34. The predicted molar refractivity (Wildman–Crippen MR) is 140 cm³/mol. The van der Waals surface area contributed by atoms with Gasteiger partial charge in [-0.1, -0.05) is 12.8 Å². The van der Waals surface area contributed by atoms with Gasteiger partial charge in [-0.15, -0.1) is 0 Å². The predicted octanol–water partition coefficient (Wildman–Crippen LogP) is 3.26. The van der Waals surface area contributed by atoms with Gasteiger partial charge < -0.3 is 32.0 Å². The molecule has 3 fully saturated rings. The fourth-order valence-corrected chi connectivity index (χ4v) is 5.69. The fourth-order valence-electron chi connectivity index (χ4n) is 5.69. The number of anilines is 2. The molecule has 10 nitrogen and oxygen atoms in total. The lowest BCUT2D eigenvalue weighted by Crippen LogP contribution is -2.43. The molecule has 4 heterocycles. The number of imidazole rings is 1. The summed E-state index contributed by atoms with van der Waals surface area (Å²) in [4.78, 5) is 21.9. The number of hydrogen-bond acceptors (Lipinski definition) is 9. The Morgan fingerprint density at radius 2 is 1.71 bits per heavy atom. The highest BCUT2D eigenvalue weighted by molar-refractivity contribution is 5.87. The van der Waals surface area contributed by atoms with Crippen LogP contribution in [0.2, 0.25) is 0 Å². The number of piperazine rings is 1. The molecule has 7 N–H and O–H groups in total. The maximum Gasteiger partial charge on any atom is 0.225 e. The third-order valence-corrected chi connectivity index (χ3v) is 7.72. The van der Waals surface area contributed by atoms with Gasteiger partial charge in [0.25, 0.3) is 0 Å². The summed E-state index contributed by atoms with van der Waals surface area (Å²) < 4.78 is 2.27. The molecule has 35 heavy (non-hydrogen) atoms. The van der Waals surface area contributed by atoms with Crippen molar-refractivity contribution in [1.82, 2.24) is 36.0 Å². The van der Waals surface area contributed by atoms with Crippen LogP contribution in [0.4, 0.5) is 11.6 Å². The maximum atomic E-state index is 6.12. The van der Waals surface area contributed by atoms with Crippen molar-refractivity contribution in [2.24, 2.45) is 5.73 Å². The summed E-state index contributed by atoms with van der Waals surface area (Å²) in [6, 6.07) is 5.38. The minimum absolute atomic E-state index is 0. The number of fused-ring (bicyclic) bond motifs is 1. The molecule has 0 amide bonds. The van der Waals surface area contributed by atoms with Crippen LogP contribution in [-0.4, -0.2) is 62.8 Å². The SMILES string of the molecule is N.NC1CCC(Nc2nc(-c3ccc(N4CCNCC4)cn3)c3ncn(C4CCCC4)c3n2)CC1. The molecule has 0 atom stereocenters. The summed E-state index contributed by atoms with van der Waals surface area (Å²) in [5, 5.41) is 7.02. The van der Waals surface area contributed by atoms with Gasteiger partial charge in [0.1, 0.15) is 11.2 Å². The standard InChI is InChI=1S/C25H35N9.H3N/c26-17-5-7-18(8-6-17)30-25-31-22(21-10-9-20(15-28-21)33-13-11-27-12-14-33)23-24(32-25)34(16-29-23)19-3-1-2-4-19;/h9-10,15-19,27H,1-8,11-14,26H2,(H,30,31,32);1H3. The molecule has 0 spiro atoms. The van der Waals surface area contributed by atoms with Crippen LogP contribution in [0.3, 0.4) is 0 Å². The van der Waals surface area contributed by atoms with Crippen molar-refractivity contribution in [3.05, 3.63) is 24.7 Å². The molecule has 1 saturated heterocycles. The van der Waals surface area contributed by atoms with E-state index in [0.717, 1.165) is 80.1 Å². The Bertz CT molecular complexity index is 1110. The van der Waals surface area contributed by atoms with Gasteiger partial charge in [0.05, 0.1) is 23.9 Å². The average Bonchev–Trinajstić information content (AvgIpc) is 3.56. The van der Waals surface area contributed by atoms with Gasteiger partial charge in [-0.2, -0.15) is 4.98 Å². The van der Waals surface area contributed by atoms with Crippen molar-refractivity contribution in [2.75, 3.05) is 36.4 Å². The van der Waals surface area contributed by atoms with Crippen molar-refractivity contribution in [3.63, 3.8) is 0 Å². The zero-order valence-corrected chi connectivity index (χ0v) is 20.5. The maximum absolute atomic E-state index is 6.12. The topological polar surface area (TPSA) is 145 Å². The second kappa shape index (κ2) is 10.4. The van der Waals surface area contributed by atoms with Crippen LogP contribution in [0.25, 0.3) is 22.6 Å². The van der Waals surface area contributed by atoms with Crippen LogP contribution >= 0.6 is 0 Å². The number of pyridine rings is 1. The van der Waals surface area contributed by atoms with Crippen LogP contribution < -0.4 is 27.4 Å². The summed E-state index contributed by atoms with van der Waals surface area (Å²) in [6.07, 6.45) is 13.0. The summed E-state index contributed by atoms with van der Waals surface area (Å²) in [5.74, 6) is 0.677. The van der Waals surface area contributed by atoms with Gasteiger partial charge in [0, 0.05) is 44.3 Å². The smallest absolute Gasteiger partial charge is 0.225 e. The van der Waals surface area contributed by atoms with Crippen LogP contribution in [-0.2, 0) is 0 Å². The Morgan fingerprint density at radius 3 is 2.43 bits per heavy atom. The molecule has 0 bridgehead atoms. The number of hydrogen-bond donors (Lipinski definition) is 4. The van der Waals surface area contributed by atoms with E-state index in [2.05, 4.69) is 32.2 Å². The molecule has 10 heteroatoms. The third kappa shape index (κ3) is 4.96. The molecule has 2 saturated carbocycles. The van der Waals surface area contributed by atoms with Crippen molar-refractivity contribution >= 4 is 22.8 Å². The molecule has 6 rings (SSSR count). The van der Waals surface area contributed by atoms with E-state index in [4.69, 9.17) is 25.7 Å². The molecule has 0 radical (unpaired) electrons. The van der Waals surface area contributed by atoms with E-state index in [-0.39, 0.29) is 6.15 Å². The third-order valence-electron chi connectivity index (χ3n) is 7.72. The van der Waals surface area contributed by atoms with Crippen LogP contribution in [0.1, 0.15) is 57.4 Å². The summed E-state index contributed by atoms with van der Waals surface area (Å²) in [7, 11) is 0. The molecular formula is C25H38N10. The van der Waals surface area contributed by atoms with Crippen molar-refractivity contribution in [1.29, 1.82) is 0 Å². The van der Waals surface area contributed by atoms with E-state index in [1.54, 1.807) is 0 Å². The lowest BCUT2D eigenvalue weighted by Gasteiger charge is -2.29. The van der Waals surface area contributed by atoms with Crippen molar-refractivity contribution < 1.29 is 0 Å². The van der Waals surface area contributed by atoms with Crippen molar-refractivity contribution in [3.8, 4) is 11.4 Å². The lowest BCUT2D eigenvalue weighted by molar-refractivity contribution is 0.410. The van der Waals surface area contributed by atoms with Crippen LogP contribution in [0, 0.1) is 0 Å². The number of nitrogens with zero attached hydrogens (tertiary/aromatic N) is 6. The summed E-state index contributed by atoms with van der Waals surface area (Å²) in [5.41, 5.74) is 10.7. The monoisotopic (exact) mass is 478 g/mol. The van der Waals surface area contributed by atoms with E-state index in [1.165, 1.54) is 25.7 Å². The van der Waals surface area contributed by atoms with Gasteiger partial charge in [0.15, 0.2) is 5.65 Å². The Balaban J connectivity index is 0.00000253. The number of nitrogens with one attached hydrogen (secondary N) is 2. The van der Waals surface area contributed by atoms with Gasteiger partial charge in [0.2, 0.25) is 5.95 Å². The molecule has 188 valence electrons. The molecule has 0 unspecified atom stereocenters. The molecule has 1 aliphatic heterocycles. The Kier molecular flexibility index (Phi) is 7.12. The van der Waals surface area contributed by atoms with E-state index in [1.807, 2.05) is 12.5 Å². The largest absolute Gasteiger partial charge is 0.368 e. The Labute approximate surface area is 206 Å². The van der Waals surface area contributed by atoms with E-state index in [9.17, 15) is 0 Å². The molecule has 3 aromatic rings. The normalized spacial score (nSPS) is 23.4. The molecule has 3 aromatic heterocycles. The van der Waals surface area contributed by atoms with Gasteiger partial charge in [-0.3, -0.25) is 4.98 Å². The zero-order chi connectivity index (χ0) is 22.9. The van der Waals surface area contributed by atoms with Crippen LogP contribution in [0.5, 0.6) is 0 Å². The number of nitrogens with two attached hydrogens (primary N) is 1. The zero-order valence-electron chi connectivity index (χ0n) is 20.5. The molecule has 3 aliphatic rings. The second-order valence-electron chi connectivity index (χ2n) is 10.1. The van der Waals surface area contributed by atoms with Gasteiger partial charge in [-0.05, 0) is 50.7 Å². The number of rotatable bonds is 5. The van der Waals surface area contributed by atoms with Gasteiger partial charge in [-0.25, -0.2) is 9.97 Å². The van der Waals surface area contributed by atoms with E-state index >= 15 is 0 Å². The highest BCUT2D eigenvalue weighted by atomic mass is 15.2. The Hall–Kier alpha value is -2.82. The molecule has 2 aliphatic carbocycles. The lowest BCUT2D eigenvalue weighted by atomic mass is 9.92. The first-order valence-electron chi connectivity index (χ1n) is 12.9. The Morgan fingerprint density at radius 1 is 0.943 bits per heavy atom. The number of aromatic nitrogens is 5. The second-order valence-corrected chi connectivity index (χ2v) is 10.1. The van der Waals surface area contributed by atoms with Gasteiger partial charge >= 0.3 is 0 Å². The average molecular weight is 479 g/mol. The molecular weight excluding hydrogens is 440 g/mol. The minimum Gasteiger partial charge on any atom is -0.368 e. The first kappa shape index (κ1) is 23.9. The van der Waals surface area contributed by atoms with E-state index in [0.29, 0.717) is 24.1 Å². The minimum atomic E-state index is 0. The molecule has 0 aromatic carbocycles. The first-order chi connectivity index (χ1) is 16.7. The highest BCUT2D eigenvalue weighted by Gasteiger charge is 2.24. The quantitative estimate of drug-likeness (QED) is 0.434. The van der Waals surface area contributed by atoms with Crippen LogP contribution in [0.15, 0.2) is 24.7 Å². The van der Waals surface area contributed by atoms with E-state index < -0.39 is 0 Å².